The van der Waals surface area contributed by atoms with Gasteiger partial charge < -0.3 is 0 Å². The lowest BCUT2D eigenvalue weighted by atomic mass is 10.5. The Hall–Kier alpha value is -1.93. The van der Waals surface area contributed by atoms with E-state index in [1.54, 1.807) is 0 Å². The Morgan fingerprint density at radius 3 is 2.25 bits per heavy atom. The van der Waals surface area contributed by atoms with Crippen molar-refractivity contribution in [1.82, 2.24) is 9.55 Å². The van der Waals surface area contributed by atoms with Gasteiger partial charge in [0, 0.05) is 12.3 Å². The van der Waals surface area contributed by atoms with Crippen molar-refractivity contribution < 1.29 is 22.0 Å². The summed E-state index contributed by atoms with van der Waals surface area (Å²) in [5, 5.41) is 0. The second kappa shape index (κ2) is 3.91. The Morgan fingerprint density at radius 2 is 1.81 bits per heavy atom. The summed E-state index contributed by atoms with van der Waals surface area (Å²) in [6.07, 6.45) is -5.15. The SMILES string of the molecule is O=c1ccn(/C(F)=C(\F)C(F)(F)F)c(=O)[nH]1. The van der Waals surface area contributed by atoms with E-state index < -0.39 is 29.2 Å². The Kier molecular flexibility index (Phi) is 2.97. The van der Waals surface area contributed by atoms with Gasteiger partial charge in [-0.15, -0.1) is 0 Å². The average Bonchev–Trinajstić information content (AvgIpc) is 2.14. The van der Waals surface area contributed by atoms with E-state index in [9.17, 15) is 31.5 Å². The molecule has 0 radical (unpaired) electrons. The molecule has 1 heterocycles. The van der Waals surface area contributed by atoms with E-state index in [0.29, 0.717) is 12.3 Å². The number of alkyl halides is 3. The third kappa shape index (κ3) is 2.35. The first kappa shape index (κ1) is 12.1. The van der Waals surface area contributed by atoms with Crippen molar-refractivity contribution in [1.29, 1.82) is 0 Å². The summed E-state index contributed by atoms with van der Waals surface area (Å²) in [4.78, 5) is 22.8. The fraction of sp³-hybridized carbons (Fsp3) is 0.143. The number of rotatable bonds is 1. The Labute approximate surface area is 83.6 Å². The molecule has 1 aromatic rings. The lowest BCUT2D eigenvalue weighted by Crippen LogP contribution is -2.28. The molecule has 0 aliphatic heterocycles. The van der Waals surface area contributed by atoms with Crippen molar-refractivity contribution in [2.75, 3.05) is 0 Å². The number of nitrogens with zero attached hydrogens (tertiary/aromatic N) is 1. The zero-order valence-corrected chi connectivity index (χ0v) is 7.31. The van der Waals surface area contributed by atoms with Crippen LogP contribution in [0.1, 0.15) is 0 Å². The van der Waals surface area contributed by atoms with Crippen LogP contribution in [0.4, 0.5) is 22.0 Å². The van der Waals surface area contributed by atoms with E-state index >= 15 is 0 Å². The predicted octanol–water partition coefficient (Wildman–Crippen LogP) is 1.16. The molecule has 0 bridgehead atoms. The standard InChI is InChI=1S/C7H3F5N2O2/c8-4(7(10,11)12)5(9)14-2-1-3(15)13-6(14)16/h1-2H,(H,13,15,16)/b5-4-. The molecule has 1 N–H and O–H groups in total. The quantitative estimate of drug-likeness (QED) is 0.751. The zero-order chi connectivity index (χ0) is 12.5. The van der Waals surface area contributed by atoms with Gasteiger partial charge >= 0.3 is 11.9 Å². The predicted molar refractivity (Wildman–Crippen MR) is 42.8 cm³/mol. The molecule has 16 heavy (non-hydrogen) atoms. The molecule has 0 saturated carbocycles. The van der Waals surface area contributed by atoms with Gasteiger partial charge in [-0.3, -0.25) is 9.78 Å². The lowest BCUT2D eigenvalue weighted by Gasteiger charge is -2.05. The van der Waals surface area contributed by atoms with Crippen LogP contribution >= 0.6 is 0 Å². The van der Waals surface area contributed by atoms with Crippen LogP contribution in [0.3, 0.4) is 0 Å². The molecule has 0 saturated heterocycles. The van der Waals surface area contributed by atoms with Gasteiger partial charge in [0.05, 0.1) is 0 Å². The molecule has 0 aliphatic rings. The fourth-order valence-electron chi connectivity index (χ4n) is 0.795. The smallest absolute Gasteiger partial charge is 0.274 e. The molecule has 0 spiro atoms. The lowest BCUT2D eigenvalue weighted by molar-refractivity contribution is -0.109. The highest BCUT2D eigenvalue weighted by Gasteiger charge is 2.39. The highest BCUT2D eigenvalue weighted by atomic mass is 19.4. The minimum absolute atomic E-state index is 0.301. The fourth-order valence-corrected chi connectivity index (χ4v) is 0.795. The monoisotopic (exact) mass is 242 g/mol. The third-order valence-corrected chi connectivity index (χ3v) is 1.47. The maximum absolute atomic E-state index is 12.8. The summed E-state index contributed by atoms with van der Waals surface area (Å²) in [5.41, 5.74) is -2.45. The largest absolute Gasteiger partial charge is 0.447 e. The maximum Gasteiger partial charge on any atom is 0.447 e. The van der Waals surface area contributed by atoms with E-state index in [1.165, 1.54) is 4.98 Å². The average molecular weight is 242 g/mol. The normalized spacial score (nSPS) is 13.6. The Balaban J connectivity index is 3.41. The van der Waals surface area contributed by atoms with Crippen LogP contribution in [0.15, 0.2) is 27.7 Å². The summed E-state index contributed by atoms with van der Waals surface area (Å²) in [6.45, 7) is 0. The number of hydrogen-bond acceptors (Lipinski definition) is 2. The number of aromatic nitrogens is 2. The number of allylic oxidation sites excluding steroid dienone is 1. The van der Waals surface area contributed by atoms with Gasteiger partial charge in [-0.25, -0.2) is 9.36 Å². The number of aromatic amines is 1. The van der Waals surface area contributed by atoms with Crippen molar-refractivity contribution in [2.45, 2.75) is 6.18 Å². The Morgan fingerprint density at radius 1 is 1.25 bits per heavy atom. The molecule has 0 aliphatic carbocycles. The summed E-state index contributed by atoms with van der Waals surface area (Å²) in [5.74, 6) is -5.49. The molecule has 0 amide bonds. The van der Waals surface area contributed by atoms with E-state index in [-0.39, 0.29) is 4.57 Å². The molecule has 0 unspecified atom stereocenters. The zero-order valence-electron chi connectivity index (χ0n) is 7.31. The van der Waals surface area contributed by atoms with Crippen LogP contribution in [0.2, 0.25) is 0 Å². The van der Waals surface area contributed by atoms with Crippen molar-refractivity contribution in [3.8, 4) is 0 Å². The van der Waals surface area contributed by atoms with E-state index in [1.807, 2.05) is 0 Å². The molecule has 9 heteroatoms. The molecule has 4 nitrogen and oxygen atoms in total. The molecule has 1 rings (SSSR count). The van der Waals surface area contributed by atoms with E-state index in [4.69, 9.17) is 0 Å². The number of nitrogens with one attached hydrogen (secondary N) is 1. The molecule has 0 atom stereocenters. The van der Waals surface area contributed by atoms with Gasteiger partial charge in [-0.1, -0.05) is 0 Å². The summed E-state index contributed by atoms with van der Waals surface area (Å²) in [7, 11) is 0. The van der Waals surface area contributed by atoms with Crippen LogP contribution in [-0.2, 0) is 0 Å². The summed E-state index contributed by atoms with van der Waals surface area (Å²) >= 11 is 0. The second-order valence-corrected chi connectivity index (χ2v) is 2.58. The third-order valence-electron chi connectivity index (χ3n) is 1.47. The first-order valence-corrected chi connectivity index (χ1v) is 3.68. The highest BCUT2D eigenvalue weighted by Crippen LogP contribution is 2.30. The van der Waals surface area contributed by atoms with Crippen LogP contribution in [0.25, 0.3) is 5.95 Å². The van der Waals surface area contributed by atoms with Crippen molar-refractivity contribution in [2.24, 2.45) is 0 Å². The van der Waals surface area contributed by atoms with Crippen LogP contribution in [0.5, 0.6) is 0 Å². The minimum Gasteiger partial charge on any atom is -0.274 e. The molecule has 0 fully saturated rings. The number of hydrogen-bond donors (Lipinski definition) is 1. The molecule has 1 aromatic heterocycles. The first-order chi connectivity index (χ1) is 7.23. The molecule has 88 valence electrons. The van der Waals surface area contributed by atoms with Crippen molar-refractivity contribution in [3.63, 3.8) is 0 Å². The van der Waals surface area contributed by atoms with Gasteiger partial charge in [0.1, 0.15) is 0 Å². The highest BCUT2D eigenvalue weighted by molar-refractivity contribution is 5.40. The van der Waals surface area contributed by atoms with Crippen molar-refractivity contribution in [3.05, 3.63) is 38.9 Å². The Bertz CT molecular complexity index is 539. The number of halogens is 5. The van der Waals surface area contributed by atoms with Gasteiger partial charge in [-0.05, 0) is 0 Å². The van der Waals surface area contributed by atoms with Crippen LogP contribution < -0.4 is 11.2 Å². The second-order valence-electron chi connectivity index (χ2n) is 2.58. The van der Waals surface area contributed by atoms with Crippen LogP contribution in [-0.4, -0.2) is 15.7 Å². The maximum atomic E-state index is 12.8. The topological polar surface area (TPSA) is 54.9 Å². The summed E-state index contributed by atoms with van der Waals surface area (Å²) < 4.78 is 60.1. The minimum atomic E-state index is -5.54. The van der Waals surface area contributed by atoms with Crippen LogP contribution in [0, 0.1) is 0 Å². The van der Waals surface area contributed by atoms with E-state index in [0.717, 1.165) is 0 Å². The number of H-pyrrole nitrogens is 1. The summed E-state index contributed by atoms with van der Waals surface area (Å²) in [6, 6.07) is 0.574. The van der Waals surface area contributed by atoms with Gasteiger partial charge in [0.15, 0.2) is 0 Å². The molecule has 0 aromatic carbocycles. The van der Waals surface area contributed by atoms with Gasteiger partial charge in [0.2, 0.25) is 5.95 Å². The first-order valence-electron chi connectivity index (χ1n) is 3.68. The van der Waals surface area contributed by atoms with Gasteiger partial charge in [-0.2, -0.15) is 22.0 Å². The molecular weight excluding hydrogens is 239 g/mol. The molecular formula is C7H3F5N2O2. The van der Waals surface area contributed by atoms with Crippen molar-refractivity contribution >= 4 is 5.95 Å². The van der Waals surface area contributed by atoms with E-state index in [2.05, 4.69) is 0 Å². The van der Waals surface area contributed by atoms with Gasteiger partial charge in [0.25, 0.3) is 11.4 Å².